The number of aryl methyl sites for hydroxylation is 1. The summed E-state index contributed by atoms with van der Waals surface area (Å²) in [5.41, 5.74) is 7.92. The Hall–Kier alpha value is -1.73. The van der Waals surface area contributed by atoms with E-state index in [0.717, 1.165) is 70.2 Å². The standard InChI is InChI=1S/C20H32N6O/c1-15-22-17-6-11-24(2)14-16(17)18(23-15)25-12-7-20(8-13-25,19(21)27)26-9-4-3-5-10-26/h3-14H2,1-2H3,(H2,21,27). The Balaban J connectivity index is 1.57. The Morgan fingerprint density at radius 1 is 1.04 bits per heavy atom. The summed E-state index contributed by atoms with van der Waals surface area (Å²) in [5.74, 6) is 1.77. The number of primary amides is 1. The second-order valence-corrected chi connectivity index (χ2v) is 8.44. The lowest BCUT2D eigenvalue weighted by atomic mass is 9.83. The van der Waals surface area contributed by atoms with Crippen LogP contribution in [-0.4, -0.2) is 71.0 Å². The fraction of sp³-hybridized carbons (Fsp3) is 0.750. The highest BCUT2D eigenvalue weighted by Crippen LogP contribution is 2.35. The van der Waals surface area contributed by atoms with Gasteiger partial charge in [-0.15, -0.1) is 0 Å². The number of fused-ring (bicyclic) bond motifs is 1. The molecule has 7 nitrogen and oxygen atoms in total. The van der Waals surface area contributed by atoms with Crippen LogP contribution in [0.3, 0.4) is 0 Å². The lowest BCUT2D eigenvalue weighted by Crippen LogP contribution is -2.63. The van der Waals surface area contributed by atoms with Crippen LogP contribution in [0.4, 0.5) is 5.82 Å². The number of nitrogens with zero attached hydrogens (tertiary/aromatic N) is 5. The molecule has 2 saturated heterocycles. The Bertz CT molecular complexity index is 707. The van der Waals surface area contributed by atoms with Crippen molar-refractivity contribution in [2.75, 3.05) is 44.7 Å². The third-order valence-corrected chi connectivity index (χ3v) is 6.65. The molecule has 0 unspecified atom stereocenters. The van der Waals surface area contributed by atoms with Crippen molar-refractivity contribution in [1.82, 2.24) is 19.8 Å². The number of rotatable bonds is 3. The molecule has 0 aromatic carbocycles. The highest BCUT2D eigenvalue weighted by molar-refractivity contribution is 5.85. The van der Waals surface area contributed by atoms with Crippen LogP contribution >= 0.6 is 0 Å². The fourth-order valence-corrected chi connectivity index (χ4v) is 5.04. The average molecular weight is 373 g/mol. The van der Waals surface area contributed by atoms with Crippen molar-refractivity contribution >= 4 is 11.7 Å². The molecular weight excluding hydrogens is 340 g/mol. The van der Waals surface area contributed by atoms with Crippen LogP contribution in [0.5, 0.6) is 0 Å². The van der Waals surface area contributed by atoms with Gasteiger partial charge in [0.25, 0.3) is 0 Å². The Labute approximate surface area is 161 Å². The number of aromatic nitrogens is 2. The predicted octanol–water partition coefficient (Wildman–Crippen LogP) is 1.08. The minimum Gasteiger partial charge on any atom is -0.368 e. The smallest absolute Gasteiger partial charge is 0.238 e. The summed E-state index contributed by atoms with van der Waals surface area (Å²) in [7, 11) is 2.15. The number of hydrogen-bond donors (Lipinski definition) is 1. The SMILES string of the molecule is Cc1nc2c(c(N3CCC(C(N)=O)(N4CCCCC4)CC3)n1)CN(C)CC2. The van der Waals surface area contributed by atoms with Gasteiger partial charge in [0.2, 0.25) is 5.91 Å². The molecule has 0 radical (unpaired) electrons. The van der Waals surface area contributed by atoms with Gasteiger partial charge in [0.05, 0.1) is 5.69 Å². The number of piperidine rings is 2. The van der Waals surface area contributed by atoms with Crippen molar-refractivity contribution in [3.63, 3.8) is 0 Å². The molecule has 4 heterocycles. The second-order valence-electron chi connectivity index (χ2n) is 8.44. The van der Waals surface area contributed by atoms with Gasteiger partial charge in [-0.1, -0.05) is 6.42 Å². The van der Waals surface area contributed by atoms with Gasteiger partial charge in [-0.3, -0.25) is 9.69 Å². The van der Waals surface area contributed by atoms with Crippen LogP contribution in [0.15, 0.2) is 0 Å². The number of amides is 1. The second kappa shape index (κ2) is 7.36. The van der Waals surface area contributed by atoms with Gasteiger partial charge in [-0.2, -0.15) is 0 Å². The summed E-state index contributed by atoms with van der Waals surface area (Å²) in [4.78, 5) is 29.0. The Kier molecular flexibility index (Phi) is 5.07. The lowest BCUT2D eigenvalue weighted by molar-refractivity contribution is -0.132. The van der Waals surface area contributed by atoms with E-state index in [2.05, 4.69) is 26.7 Å². The number of carbonyl (C=O) groups excluding carboxylic acids is 1. The largest absolute Gasteiger partial charge is 0.368 e. The third-order valence-electron chi connectivity index (χ3n) is 6.65. The monoisotopic (exact) mass is 372 g/mol. The number of nitrogens with two attached hydrogens (primary N) is 1. The zero-order valence-corrected chi connectivity index (χ0v) is 16.7. The van der Waals surface area contributed by atoms with E-state index in [1.165, 1.54) is 30.5 Å². The zero-order chi connectivity index (χ0) is 19.0. The fourth-order valence-electron chi connectivity index (χ4n) is 5.04. The van der Waals surface area contributed by atoms with Crippen LogP contribution in [-0.2, 0) is 17.8 Å². The highest BCUT2D eigenvalue weighted by Gasteiger charge is 2.45. The predicted molar refractivity (Wildman–Crippen MR) is 106 cm³/mol. The molecule has 1 aromatic rings. The normalized spacial score (nSPS) is 23.9. The number of likely N-dealkylation sites (N-methyl/N-ethyl adjacent to an activating group) is 1. The molecule has 0 aliphatic carbocycles. The number of likely N-dealkylation sites (tertiary alicyclic amines) is 1. The summed E-state index contributed by atoms with van der Waals surface area (Å²) in [6, 6.07) is 0. The molecule has 4 rings (SSSR count). The minimum atomic E-state index is -0.476. The molecular formula is C20H32N6O. The zero-order valence-electron chi connectivity index (χ0n) is 16.7. The Morgan fingerprint density at radius 2 is 1.74 bits per heavy atom. The quantitative estimate of drug-likeness (QED) is 0.856. The van der Waals surface area contributed by atoms with Gasteiger partial charge in [0.15, 0.2) is 0 Å². The summed E-state index contributed by atoms with van der Waals surface area (Å²) in [6.45, 7) is 7.56. The summed E-state index contributed by atoms with van der Waals surface area (Å²) < 4.78 is 0. The molecule has 0 saturated carbocycles. The van der Waals surface area contributed by atoms with Crippen molar-refractivity contribution in [1.29, 1.82) is 0 Å². The van der Waals surface area contributed by atoms with Crippen LogP contribution in [0.25, 0.3) is 0 Å². The van der Waals surface area contributed by atoms with Crippen LogP contribution in [0.2, 0.25) is 0 Å². The molecule has 3 aliphatic rings. The average Bonchev–Trinajstić information content (AvgIpc) is 2.68. The van der Waals surface area contributed by atoms with E-state index in [-0.39, 0.29) is 5.91 Å². The van der Waals surface area contributed by atoms with Gasteiger partial charge >= 0.3 is 0 Å². The molecule has 0 bridgehead atoms. The van der Waals surface area contributed by atoms with E-state index >= 15 is 0 Å². The lowest BCUT2D eigenvalue weighted by Gasteiger charge is -2.48. The van der Waals surface area contributed by atoms with Crippen molar-refractivity contribution in [3.05, 3.63) is 17.1 Å². The van der Waals surface area contributed by atoms with Crippen LogP contribution in [0.1, 0.15) is 49.2 Å². The summed E-state index contributed by atoms with van der Waals surface area (Å²) in [6.07, 6.45) is 6.16. The summed E-state index contributed by atoms with van der Waals surface area (Å²) >= 11 is 0. The van der Waals surface area contributed by atoms with Gasteiger partial charge < -0.3 is 15.5 Å². The topological polar surface area (TPSA) is 78.6 Å². The highest BCUT2D eigenvalue weighted by atomic mass is 16.1. The van der Waals surface area contributed by atoms with E-state index in [9.17, 15) is 4.79 Å². The van der Waals surface area contributed by atoms with Gasteiger partial charge in [-0.25, -0.2) is 9.97 Å². The van der Waals surface area contributed by atoms with Gasteiger partial charge in [0, 0.05) is 38.2 Å². The first-order chi connectivity index (χ1) is 13.0. The third kappa shape index (κ3) is 3.43. The maximum absolute atomic E-state index is 12.5. The maximum Gasteiger partial charge on any atom is 0.238 e. The first kappa shape index (κ1) is 18.6. The van der Waals surface area contributed by atoms with Gasteiger partial charge in [-0.05, 0) is 52.7 Å². The van der Waals surface area contributed by atoms with Crippen LogP contribution < -0.4 is 10.6 Å². The van der Waals surface area contributed by atoms with Crippen molar-refractivity contribution in [3.8, 4) is 0 Å². The van der Waals surface area contributed by atoms with E-state index in [1.54, 1.807) is 0 Å². The molecule has 1 amide bonds. The number of hydrogen-bond acceptors (Lipinski definition) is 6. The van der Waals surface area contributed by atoms with Crippen LogP contribution in [0, 0.1) is 6.92 Å². The molecule has 0 spiro atoms. The molecule has 148 valence electrons. The molecule has 0 atom stereocenters. The van der Waals surface area contributed by atoms with Crippen molar-refractivity contribution < 1.29 is 4.79 Å². The molecule has 7 heteroatoms. The number of carbonyl (C=O) groups is 1. The van der Waals surface area contributed by atoms with E-state index in [1.807, 2.05) is 6.92 Å². The molecule has 2 N–H and O–H groups in total. The molecule has 27 heavy (non-hydrogen) atoms. The maximum atomic E-state index is 12.5. The van der Waals surface area contributed by atoms with E-state index < -0.39 is 5.54 Å². The molecule has 1 aromatic heterocycles. The van der Waals surface area contributed by atoms with Crippen molar-refractivity contribution in [2.45, 2.75) is 57.5 Å². The first-order valence-electron chi connectivity index (χ1n) is 10.3. The first-order valence-corrected chi connectivity index (χ1v) is 10.3. The van der Waals surface area contributed by atoms with E-state index in [4.69, 9.17) is 10.7 Å². The van der Waals surface area contributed by atoms with E-state index in [0.29, 0.717) is 0 Å². The molecule has 3 aliphatic heterocycles. The van der Waals surface area contributed by atoms with Crippen molar-refractivity contribution in [2.24, 2.45) is 5.73 Å². The minimum absolute atomic E-state index is 0.148. The Morgan fingerprint density at radius 3 is 2.41 bits per heavy atom. The van der Waals surface area contributed by atoms with Gasteiger partial charge in [0.1, 0.15) is 17.2 Å². The summed E-state index contributed by atoms with van der Waals surface area (Å²) in [5, 5.41) is 0. The number of anilines is 1. The molecule has 2 fully saturated rings.